The van der Waals surface area contributed by atoms with Crippen LogP contribution in [0.4, 0.5) is 4.39 Å². The maximum absolute atomic E-state index is 13.4. The van der Waals surface area contributed by atoms with E-state index in [1.165, 1.54) is 16.4 Å². The van der Waals surface area contributed by atoms with Gasteiger partial charge in [0.2, 0.25) is 15.9 Å². The first-order chi connectivity index (χ1) is 13.8. The molecule has 1 fully saturated rings. The fourth-order valence-electron chi connectivity index (χ4n) is 3.25. The summed E-state index contributed by atoms with van der Waals surface area (Å²) in [6, 6.07) is 15.6. The van der Waals surface area contributed by atoms with Crippen molar-refractivity contribution in [3.8, 4) is 0 Å². The molecule has 156 valence electrons. The number of hydrogen-bond donors (Lipinski definition) is 3. The SMILES string of the molecule is CS(=O)(=O)N(CCc1ccccc1)CC(=O)NC1CC(c2cccc(F)c2)NN1. The zero-order valence-corrected chi connectivity index (χ0v) is 17.0. The highest BCUT2D eigenvalue weighted by molar-refractivity contribution is 7.88. The van der Waals surface area contributed by atoms with Gasteiger partial charge in [-0.25, -0.2) is 23.7 Å². The number of nitrogens with one attached hydrogen (secondary N) is 3. The van der Waals surface area contributed by atoms with Gasteiger partial charge in [-0.1, -0.05) is 42.5 Å². The molecule has 1 aliphatic heterocycles. The highest BCUT2D eigenvalue weighted by atomic mass is 32.2. The zero-order chi connectivity index (χ0) is 20.9. The lowest BCUT2D eigenvalue weighted by Gasteiger charge is -2.21. The van der Waals surface area contributed by atoms with E-state index in [9.17, 15) is 17.6 Å². The van der Waals surface area contributed by atoms with Gasteiger partial charge in [-0.2, -0.15) is 4.31 Å². The summed E-state index contributed by atoms with van der Waals surface area (Å²) in [6.45, 7) is -0.0347. The number of carbonyl (C=O) groups is 1. The summed E-state index contributed by atoms with van der Waals surface area (Å²) in [5, 5.41) is 2.78. The number of halogens is 1. The second-order valence-corrected chi connectivity index (χ2v) is 9.07. The van der Waals surface area contributed by atoms with E-state index >= 15 is 0 Å². The van der Waals surface area contributed by atoms with Crippen LogP contribution in [0.3, 0.4) is 0 Å². The lowest BCUT2D eigenvalue weighted by molar-refractivity contribution is -0.122. The van der Waals surface area contributed by atoms with Crippen molar-refractivity contribution in [2.24, 2.45) is 0 Å². The molecular weight excluding hydrogens is 395 g/mol. The Bertz CT molecular complexity index is 940. The third-order valence-corrected chi connectivity index (χ3v) is 6.02. The number of sulfonamides is 1. The number of amides is 1. The predicted molar refractivity (Wildman–Crippen MR) is 109 cm³/mol. The molecule has 9 heteroatoms. The van der Waals surface area contributed by atoms with Gasteiger partial charge in [0.15, 0.2) is 0 Å². The second-order valence-electron chi connectivity index (χ2n) is 7.08. The number of carbonyl (C=O) groups excluding carboxylic acids is 1. The van der Waals surface area contributed by atoms with Crippen molar-refractivity contribution >= 4 is 15.9 Å². The fraction of sp³-hybridized carbons (Fsp3) is 0.350. The lowest BCUT2D eigenvalue weighted by atomic mass is 10.0. The molecule has 3 rings (SSSR count). The van der Waals surface area contributed by atoms with E-state index in [1.807, 2.05) is 36.4 Å². The standard InChI is InChI=1S/C20H25FN4O3S/c1-29(27,28)25(11-10-15-6-3-2-4-7-15)14-20(26)22-19-13-18(23-24-19)16-8-5-9-17(21)12-16/h2-9,12,18-19,23-24H,10-11,13-14H2,1H3,(H,22,26). The number of nitrogens with zero attached hydrogens (tertiary/aromatic N) is 1. The molecule has 29 heavy (non-hydrogen) atoms. The van der Waals surface area contributed by atoms with Gasteiger partial charge in [-0.15, -0.1) is 0 Å². The smallest absolute Gasteiger partial charge is 0.236 e. The molecule has 1 aliphatic rings. The van der Waals surface area contributed by atoms with Crippen molar-refractivity contribution in [2.45, 2.75) is 25.0 Å². The quantitative estimate of drug-likeness (QED) is 0.599. The van der Waals surface area contributed by atoms with Gasteiger partial charge < -0.3 is 5.32 Å². The van der Waals surface area contributed by atoms with E-state index in [0.717, 1.165) is 17.4 Å². The van der Waals surface area contributed by atoms with Crippen LogP contribution in [0.1, 0.15) is 23.6 Å². The molecule has 2 atom stereocenters. The van der Waals surface area contributed by atoms with Gasteiger partial charge >= 0.3 is 0 Å². The van der Waals surface area contributed by atoms with Crippen LogP contribution in [0.5, 0.6) is 0 Å². The molecule has 1 saturated heterocycles. The summed E-state index contributed by atoms with van der Waals surface area (Å²) in [6.07, 6.45) is 1.75. The average Bonchev–Trinajstić information content (AvgIpc) is 3.13. The van der Waals surface area contributed by atoms with Crippen LogP contribution in [0.15, 0.2) is 54.6 Å². The van der Waals surface area contributed by atoms with E-state index in [1.54, 1.807) is 6.07 Å². The van der Waals surface area contributed by atoms with Crippen LogP contribution in [-0.4, -0.2) is 44.1 Å². The normalized spacial score (nSPS) is 19.4. The number of rotatable bonds is 8. The lowest BCUT2D eigenvalue weighted by Crippen LogP contribution is -2.48. The van der Waals surface area contributed by atoms with Crippen LogP contribution < -0.4 is 16.2 Å². The monoisotopic (exact) mass is 420 g/mol. The summed E-state index contributed by atoms with van der Waals surface area (Å²) in [4.78, 5) is 12.4. The number of hydrogen-bond acceptors (Lipinski definition) is 5. The van der Waals surface area contributed by atoms with Gasteiger partial charge in [0.25, 0.3) is 0 Å². The van der Waals surface area contributed by atoms with Crippen LogP contribution >= 0.6 is 0 Å². The average molecular weight is 421 g/mol. The Hall–Kier alpha value is -2.33. The topological polar surface area (TPSA) is 90.5 Å². The second kappa shape index (κ2) is 9.45. The third-order valence-electron chi connectivity index (χ3n) is 4.77. The Kier molecular flexibility index (Phi) is 6.96. The van der Waals surface area contributed by atoms with Crippen LogP contribution in [-0.2, 0) is 21.2 Å². The maximum atomic E-state index is 13.4. The van der Waals surface area contributed by atoms with E-state index in [0.29, 0.717) is 12.8 Å². The first kappa shape index (κ1) is 21.4. The highest BCUT2D eigenvalue weighted by Crippen LogP contribution is 2.21. The predicted octanol–water partition coefficient (Wildman–Crippen LogP) is 1.31. The first-order valence-corrected chi connectivity index (χ1v) is 11.2. The molecule has 0 saturated carbocycles. The summed E-state index contributed by atoms with van der Waals surface area (Å²) < 4.78 is 38.7. The Balaban J connectivity index is 1.53. The van der Waals surface area contributed by atoms with Crippen LogP contribution in [0, 0.1) is 5.82 Å². The molecule has 1 heterocycles. The molecule has 0 spiro atoms. The van der Waals surface area contributed by atoms with E-state index in [4.69, 9.17) is 0 Å². The Labute approximate surface area is 170 Å². The summed E-state index contributed by atoms with van der Waals surface area (Å²) in [5.74, 6) is -0.721. The first-order valence-electron chi connectivity index (χ1n) is 9.36. The summed E-state index contributed by atoms with van der Waals surface area (Å²) in [5.41, 5.74) is 7.75. The Morgan fingerprint density at radius 3 is 2.62 bits per heavy atom. The van der Waals surface area contributed by atoms with Crippen molar-refractivity contribution in [3.63, 3.8) is 0 Å². The third kappa shape index (κ3) is 6.33. The van der Waals surface area contributed by atoms with Gasteiger partial charge in [0.1, 0.15) is 5.82 Å². The molecule has 7 nitrogen and oxygen atoms in total. The molecule has 0 bridgehead atoms. The minimum Gasteiger partial charge on any atom is -0.338 e. The van der Waals surface area contributed by atoms with Gasteiger partial charge in [-0.3, -0.25) is 4.79 Å². The summed E-state index contributed by atoms with van der Waals surface area (Å²) in [7, 11) is -3.53. The van der Waals surface area contributed by atoms with Crippen molar-refractivity contribution in [3.05, 3.63) is 71.5 Å². The van der Waals surface area contributed by atoms with Crippen molar-refractivity contribution in [1.29, 1.82) is 0 Å². The fourth-order valence-corrected chi connectivity index (χ4v) is 4.03. The van der Waals surface area contributed by atoms with Crippen molar-refractivity contribution in [1.82, 2.24) is 20.5 Å². The molecule has 3 N–H and O–H groups in total. The highest BCUT2D eigenvalue weighted by Gasteiger charge is 2.28. The van der Waals surface area contributed by atoms with Crippen LogP contribution in [0.2, 0.25) is 0 Å². The minimum absolute atomic E-state index is 0.153. The molecule has 0 aromatic heterocycles. The molecule has 2 aromatic carbocycles. The maximum Gasteiger partial charge on any atom is 0.236 e. The molecule has 2 unspecified atom stereocenters. The van der Waals surface area contributed by atoms with Gasteiger partial charge in [0, 0.05) is 19.0 Å². The number of benzene rings is 2. The van der Waals surface area contributed by atoms with E-state index < -0.39 is 15.9 Å². The summed E-state index contributed by atoms with van der Waals surface area (Å²) >= 11 is 0. The molecule has 0 radical (unpaired) electrons. The minimum atomic E-state index is -3.53. The van der Waals surface area contributed by atoms with Gasteiger partial charge in [0.05, 0.1) is 19.0 Å². The Morgan fingerprint density at radius 1 is 1.17 bits per heavy atom. The molecular formula is C20H25FN4O3S. The largest absolute Gasteiger partial charge is 0.338 e. The van der Waals surface area contributed by atoms with Crippen molar-refractivity contribution < 1.29 is 17.6 Å². The van der Waals surface area contributed by atoms with E-state index in [-0.39, 0.29) is 31.1 Å². The molecule has 0 aliphatic carbocycles. The van der Waals surface area contributed by atoms with E-state index in [2.05, 4.69) is 16.2 Å². The molecule has 2 aromatic rings. The number of hydrazine groups is 1. The molecule has 1 amide bonds. The van der Waals surface area contributed by atoms with Crippen LogP contribution in [0.25, 0.3) is 0 Å². The zero-order valence-electron chi connectivity index (χ0n) is 16.1. The van der Waals surface area contributed by atoms with Gasteiger partial charge in [-0.05, 0) is 29.7 Å². The van der Waals surface area contributed by atoms with Crippen molar-refractivity contribution in [2.75, 3.05) is 19.3 Å². The Morgan fingerprint density at radius 2 is 1.93 bits per heavy atom.